The van der Waals surface area contributed by atoms with Crippen LogP contribution in [0.15, 0.2) is 24.3 Å². The molecule has 0 spiro atoms. The van der Waals surface area contributed by atoms with E-state index in [1.807, 2.05) is 36.1 Å². The molecule has 1 fully saturated rings. The fourth-order valence-corrected chi connectivity index (χ4v) is 2.09. The fraction of sp³-hybridized carbons (Fsp3) is 0.462. The predicted octanol–water partition coefficient (Wildman–Crippen LogP) is 1.45. The summed E-state index contributed by atoms with van der Waals surface area (Å²) in [6.45, 7) is 4.55. The van der Waals surface area contributed by atoms with Crippen LogP contribution in [0.1, 0.15) is 17.2 Å². The fourth-order valence-electron chi connectivity index (χ4n) is 2.09. The Kier molecular flexibility index (Phi) is 3.76. The molecular weight excluding hydrogens is 218 g/mol. The Balaban J connectivity index is 2.21. The molecule has 0 saturated carbocycles. The van der Waals surface area contributed by atoms with Crippen molar-refractivity contribution >= 4 is 5.97 Å². The highest BCUT2D eigenvalue weighted by Crippen LogP contribution is 2.22. The van der Waals surface area contributed by atoms with E-state index in [-0.39, 0.29) is 0 Å². The number of ether oxygens (including phenoxy) is 1. The van der Waals surface area contributed by atoms with Crippen molar-refractivity contribution in [1.82, 2.24) is 4.90 Å². The number of carboxylic acid groups (broad SMARTS) is 1. The first-order valence-electron chi connectivity index (χ1n) is 5.79. The van der Waals surface area contributed by atoms with Gasteiger partial charge in [-0.15, -0.1) is 0 Å². The van der Waals surface area contributed by atoms with Crippen molar-refractivity contribution in [3.8, 4) is 0 Å². The first-order valence-corrected chi connectivity index (χ1v) is 5.79. The van der Waals surface area contributed by atoms with E-state index in [0.29, 0.717) is 26.3 Å². The molecule has 0 aromatic heterocycles. The van der Waals surface area contributed by atoms with Gasteiger partial charge in [-0.05, 0) is 12.5 Å². The van der Waals surface area contributed by atoms with Gasteiger partial charge in [0, 0.05) is 13.1 Å². The Labute approximate surface area is 101 Å². The number of hydrogen-bond acceptors (Lipinski definition) is 3. The predicted molar refractivity (Wildman–Crippen MR) is 63.9 cm³/mol. The van der Waals surface area contributed by atoms with Crippen molar-refractivity contribution in [3.63, 3.8) is 0 Å². The van der Waals surface area contributed by atoms with Crippen LogP contribution < -0.4 is 0 Å². The molecule has 1 heterocycles. The lowest BCUT2D eigenvalue weighted by Crippen LogP contribution is -2.42. The highest BCUT2D eigenvalue weighted by Gasteiger charge is 2.28. The Bertz CT molecular complexity index is 382. The first kappa shape index (κ1) is 12.1. The maximum Gasteiger partial charge on any atom is 0.325 e. The second-order valence-electron chi connectivity index (χ2n) is 4.30. The third-order valence-corrected chi connectivity index (χ3v) is 3.04. The van der Waals surface area contributed by atoms with Gasteiger partial charge in [0.2, 0.25) is 0 Å². The number of benzene rings is 1. The molecule has 0 aliphatic carbocycles. The lowest BCUT2D eigenvalue weighted by Gasteiger charge is -2.32. The monoisotopic (exact) mass is 235 g/mol. The quantitative estimate of drug-likeness (QED) is 0.861. The largest absolute Gasteiger partial charge is 0.480 e. The molecule has 0 bridgehead atoms. The van der Waals surface area contributed by atoms with Crippen LogP contribution in [0.5, 0.6) is 0 Å². The van der Waals surface area contributed by atoms with Crippen molar-refractivity contribution < 1.29 is 14.6 Å². The molecule has 1 atom stereocenters. The minimum Gasteiger partial charge on any atom is -0.480 e. The van der Waals surface area contributed by atoms with Crippen LogP contribution in [0.4, 0.5) is 0 Å². The van der Waals surface area contributed by atoms with Crippen molar-refractivity contribution in [1.29, 1.82) is 0 Å². The number of aryl methyl sites for hydroxylation is 1. The topological polar surface area (TPSA) is 49.8 Å². The molecule has 1 N–H and O–H groups in total. The summed E-state index contributed by atoms with van der Waals surface area (Å²) in [5, 5.41) is 9.37. The third kappa shape index (κ3) is 2.84. The highest BCUT2D eigenvalue weighted by molar-refractivity contribution is 5.75. The van der Waals surface area contributed by atoms with Gasteiger partial charge in [-0.1, -0.05) is 29.8 Å². The number of hydrogen-bond donors (Lipinski definition) is 1. The summed E-state index contributed by atoms with van der Waals surface area (Å²) in [7, 11) is 0. The average Bonchev–Trinajstić information content (AvgIpc) is 2.33. The number of carbonyl (C=O) groups is 1. The number of carboxylic acids is 1. The van der Waals surface area contributed by atoms with Crippen LogP contribution in [0, 0.1) is 6.92 Å². The van der Waals surface area contributed by atoms with Gasteiger partial charge in [-0.3, -0.25) is 9.69 Å². The first-order chi connectivity index (χ1) is 8.18. The summed E-state index contributed by atoms with van der Waals surface area (Å²) in [5.74, 6) is -0.796. The standard InChI is InChI=1S/C13H17NO3/c1-10-2-4-11(5-3-10)12(13(15)16)14-6-8-17-9-7-14/h2-5,12H,6-9H2,1H3,(H,15,16)/t12-/m0/s1. The summed E-state index contributed by atoms with van der Waals surface area (Å²) in [6.07, 6.45) is 0. The van der Waals surface area contributed by atoms with Crippen molar-refractivity contribution in [2.75, 3.05) is 26.3 Å². The Morgan fingerprint density at radius 3 is 2.41 bits per heavy atom. The van der Waals surface area contributed by atoms with Gasteiger partial charge in [0.1, 0.15) is 6.04 Å². The molecule has 4 heteroatoms. The number of aliphatic carboxylic acids is 1. The summed E-state index contributed by atoms with van der Waals surface area (Å²) in [5.41, 5.74) is 1.98. The van der Waals surface area contributed by atoms with Crippen molar-refractivity contribution in [2.24, 2.45) is 0 Å². The lowest BCUT2D eigenvalue weighted by atomic mass is 10.0. The van der Waals surface area contributed by atoms with Crippen LogP contribution in [0.3, 0.4) is 0 Å². The van der Waals surface area contributed by atoms with Crippen molar-refractivity contribution in [3.05, 3.63) is 35.4 Å². The smallest absolute Gasteiger partial charge is 0.325 e. The molecule has 1 aromatic rings. The molecule has 1 aliphatic heterocycles. The Morgan fingerprint density at radius 1 is 1.29 bits per heavy atom. The summed E-state index contributed by atoms with van der Waals surface area (Å²) < 4.78 is 5.25. The van der Waals surface area contributed by atoms with Gasteiger partial charge in [0.25, 0.3) is 0 Å². The Hall–Kier alpha value is -1.39. The van der Waals surface area contributed by atoms with E-state index < -0.39 is 12.0 Å². The zero-order valence-electron chi connectivity index (χ0n) is 9.93. The molecule has 1 aliphatic rings. The van der Waals surface area contributed by atoms with E-state index in [1.54, 1.807) is 0 Å². The molecular formula is C13H17NO3. The van der Waals surface area contributed by atoms with Crippen LogP contribution in [0.2, 0.25) is 0 Å². The highest BCUT2D eigenvalue weighted by atomic mass is 16.5. The molecule has 0 radical (unpaired) electrons. The van der Waals surface area contributed by atoms with E-state index in [2.05, 4.69) is 0 Å². The van der Waals surface area contributed by atoms with Gasteiger partial charge < -0.3 is 9.84 Å². The maximum absolute atomic E-state index is 11.4. The van der Waals surface area contributed by atoms with Crippen LogP contribution in [0.25, 0.3) is 0 Å². The summed E-state index contributed by atoms with van der Waals surface area (Å²) >= 11 is 0. The van der Waals surface area contributed by atoms with Gasteiger partial charge in [0.05, 0.1) is 13.2 Å². The number of nitrogens with zero attached hydrogens (tertiary/aromatic N) is 1. The average molecular weight is 235 g/mol. The van der Waals surface area contributed by atoms with E-state index in [4.69, 9.17) is 4.74 Å². The Morgan fingerprint density at radius 2 is 1.88 bits per heavy atom. The summed E-state index contributed by atoms with van der Waals surface area (Å²) in [4.78, 5) is 13.4. The summed E-state index contributed by atoms with van der Waals surface area (Å²) in [6, 6.07) is 7.13. The van der Waals surface area contributed by atoms with Gasteiger partial charge in [-0.2, -0.15) is 0 Å². The normalized spacial score (nSPS) is 18.9. The second kappa shape index (κ2) is 5.29. The molecule has 1 saturated heterocycles. The third-order valence-electron chi connectivity index (χ3n) is 3.04. The second-order valence-corrected chi connectivity index (χ2v) is 4.30. The minimum atomic E-state index is -0.796. The van der Waals surface area contributed by atoms with E-state index in [9.17, 15) is 9.90 Å². The van der Waals surface area contributed by atoms with E-state index in [0.717, 1.165) is 11.1 Å². The molecule has 0 unspecified atom stereocenters. The minimum absolute atomic E-state index is 0.556. The van der Waals surface area contributed by atoms with Gasteiger partial charge >= 0.3 is 5.97 Å². The molecule has 92 valence electrons. The number of morpholine rings is 1. The van der Waals surface area contributed by atoms with E-state index in [1.165, 1.54) is 0 Å². The zero-order valence-corrected chi connectivity index (χ0v) is 9.93. The lowest BCUT2D eigenvalue weighted by molar-refractivity contribution is -0.145. The SMILES string of the molecule is Cc1ccc([C@@H](C(=O)O)N2CCOCC2)cc1. The van der Waals surface area contributed by atoms with Gasteiger partial charge in [-0.25, -0.2) is 0 Å². The molecule has 0 amide bonds. The van der Waals surface area contributed by atoms with Crippen LogP contribution >= 0.6 is 0 Å². The van der Waals surface area contributed by atoms with E-state index >= 15 is 0 Å². The van der Waals surface area contributed by atoms with Crippen molar-refractivity contribution in [2.45, 2.75) is 13.0 Å². The van der Waals surface area contributed by atoms with Gasteiger partial charge in [0.15, 0.2) is 0 Å². The van der Waals surface area contributed by atoms with Crippen LogP contribution in [-0.4, -0.2) is 42.3 Å². The molecule has 1 aromatic carbocycles. The zero-order chi connectivity index (χ0) is 12.3. The molecule has 4 nitrogen and oxygen atoms in total. The molecule has 17 heavy (non-hydrogen) atoms. The van der Waals surface area contributed by atoms with Crippen LogP contribution in [-0.2, 0) is 9.53 Å². The molecule has 2 rings (SSSR count). The number of rotatable bonds is 3. The maximum atomic E-state index is 11.4.